The zero-order valence-electron chi connectivity index (χ0n) is 13.5. The highest BCUT2D eigenvalue weighted by atomic mass is 16.5. The van der Waals surface area contributed by atoms with Crippen molar-refractivity contribution in [3.05, 3.63) is 0 Å². The summed E-state index contributed by atoms with van der Waals surface area (Å²) in [7, 11) is 0. The number of piperidine rings is 1. The summed E-state index contributed by atoms with van der Waals surface area (Å²) in [5.74, 6) is 0.483. The molecule has 2 fully saturated rings. The smallest absolute Gasteiger partial charge is 0.239 e. The van der Waals surface area contributed by atoms with Crippen molar-refractivity contribution in [1.82, 2.24) is 4.90 Å². The van der Waals surface area contributed by atoms with E-state index in [9.17, 15) is 9.90 Å². The molecule has 0 radical (unpaired) electrons. The average Bonchev–Trinajstić information content (AvgIpc) is 2.45. The van der Waals surface area contributed by atoms with E-state index in [-0.39, 0.29) is 23.5 Å². The van der Waals surface area contributed by atoms with Crippen molar-refractivity contribution in [2.75, 3.05) is 19.7 Å². The molecule has 3 atom stereocenters. The van der Waals surface area contributed by atoms with Gasteiger partial charge in [-0.2, -0.15) is 0 Å². The van der Waals surface area contributed by atoms with Gasteiger partial charge >= 0.3 is 0 Å². The Balaban J connectivity index is 1.89. The molecule has 1 spiro atoms. The van der Waals surface area contributed by atoms with E-state index in [1.54, 1.807) is 0 Å². The van der Waals surface area contributed by atoms with Gasteiger partial charge in [0, 0.05) is 31.5 Å². The second-order valence-electron chi connectivity index (χ2n) is 6.99. The summed E-state index contributed by atoms with van der Waals surface area (Å²) in [4.78, 5) is 14.2. The van der Waals surface area contributed by atoms with Gasteiger partial charge < -0.3 is 20.5 Å². The molecule has 1 amide bonds. The highest BCUT2D eigenvalue weighted by Gasteiger charge is 2.56. The Bertz CT molecular complexity index is 363. The van der Waals surface area contributed by atoms with Crippen LogP contribution in [-0.2, 0) is 9.53 Å². The highest BCUT2D eigenvalue weighted by molar-refractivity contribution is 5.81. The lowest BCUT2D eigenvalue weighted by Gasteiger charge is -2.56. The second-order valence-corrected chi connectivity index (χ2v) is 6.99. The van der Waals surface area contributed by atoms with Crippen molar-refractivity contribution in [3.8, 4) is 0 Å². The Morgan fingerprint density at radius 3 is 2.52 bits per heavy atom. The number of likely N-dealkylation sites (tertiary alicyclic amines) is 1. The molecule has 5 nitrogen and oxygen atoms in total. The lowest BCUT2D eigenvalue weighted by molar-refractivity contribution is -0.210. The van der Waals surface area contributed by atoms with Crippen LogP contribution in [0, 0.1) is 11.3 Å². The molecule has 0 bridgehead atoms. The minimum atomic E-state index is -0.395. The van der Waals surface area contributed by atoms with E-state index >= 15 is 0 Å². The third-order valence-corrected chi connectivity index (χ3v) is 5.16. The molecule has 1 saturated carbocycles. The average molecular weight is 298 g/mol. The van der Waals surface area contributed by atoms with E-state index in [4.69, 9.17) is 10.5 Å². The largest absolute Gasteiger partial charge is 0.392 e. The summed E-state index contributed by atoms with van der Waals surface area (Å²) in [5, 5.41) is 10.2. The monoisotopic (exact) mass is 298 g/mol. The van der Waals surface area contributed by atoms with Crippen molar-refractivity contribution in [3.63, 3.8) is 0 Å². The Morgan fingerprint density at radius 1 is 1.43 bits per heavy atom. The standard InChI is InChI=1S/C16H30N2O3/c1-4-21-14-10-13(19)16(14)5-7-18(8-6-16)15(20)12(17)9-11(2)3/h11-14,19H,4-10,17H2,1-3H3/t12-,13?,14?/m0/s1. The molecule has 122 valence electrons. The van der Waals surface area contributed by atoms with Gasteiger partial charge in [-0.15, -0.1) is 0 Å². The van der Waals surface area contributed by atoms with Crippen molar-refractivity contribution in [2.45, 2.75) is 64.7 Å². The summed E-state index contributed by atoms with van der Waals surface area (Å²) < 4.78 is 5.75. The first-order chi connectivity index (χ1) is 9.90. The van der Waals surface area contributed by atoms with Crippen molar-refractivity contribution >= 4 is 5.91 Å². The van der Waals surface area contributed by atoms with Crippen LogP contribution >= 0.6 is 0 Å². The van der Waals surface area contributed by atoms with Crippen LogP contribution in [0.15, 0.2) is 0 Å². The third kappa shape index (κ3) is 3.25. The topological polar surface area (TPSA) is 75.8 Å². The van der Waals surface area contributed by atoms with E-state index in [0.717, 1.165) is 25.7 Å². The maximum absolute atomic E-state index is 12.3. The van der Waals surface area contributed by atoms with Gasteiger partial charge in [0.25, 0.3) is 0 Å². The van der Waals surface area contributed by atoms with Gasteiger partial charge in [-0.05, 0) is 32.1 Å². The predicted molar refractivity (Wildman–Crippen MR) is 81.7 cm³/mol. The number of ether oxygens (including phenoxy) is 1. The SMILES string of the molecule is CCOC1CC(O)C12CCN(C(=O)[C@@H](N)CC(C)C)CC2. The zero-order chi connectivity index (χ0) is 15.6. The Morgan fingerprint density at radius 2 is 2.05 bits per heavy atom. The molecule has 1 aliphatic carbocycles. The van der Waals surface area contributed by atoms with E-state index in [1.807, 2.05) is 11.8 Å². The summed E-state index contributed by atoms with van der Waals surface area (Å²) in [6.07, 6.45) is 2.96. The fourth-order valence-corrected chi connectivity index (χ4v) is 3.80. The van der Waals surface area contributed by atoms with Crippen molar-refractivity contribution < 1.29 is 14.6 Å². The number of nitrogens with two attached hydrogens (primary N) is 1. The van der Waals surface area contributed by atoms with E-state index in [1.165, 1.54) is 0 Å². The van der Waals surface area contributed by atoms with Gasteiger partial charge in [-0.25, -0.2) is 0 Å². The van der Waals surface area contributed by atoms with E-state index in [0.29, 0.717) is 25.6 Å². The van der Waals surface area contributed by atoms with Crippen LogP contribution in [0.25, 0.3) is 0 Å². The first-order valence-electron chi connectivity index (χ1n) is 8.24. The molecule has 2 aliphatic rings. The first-order valence-corrected chi connectivity index (χ1v) is 8.24. The van der Waals surface area contributed by atoms with Gasteiger partial charge in [-0.1, -0.05) is 13.8 Å². The van der Waals surface area contributed by atoms with Gasteiger partial charge in [-0.3, -0.25) is 4.79 Å². The summed E-state index contributed by atoms with van der Waals surface area (Å²) in [6.45, 7) is 8.20. The third-order valence-electron chi connectivity index (χ3n) is 5.16. The molecule has 2 unspecified atom stereocenters. The van der Waals surface area contributed by atoms with Crippen LogP contribution in [0.3, 0.4) is 0 Å². The number of aliphatic hydroxyl groups is 1. The molecule has 3 N–H and O–H groups in total. The predicted octanol–water partition coefficient (Wildman–Crippen LogP) is 1.14. The molecule has 1 aliphatic heterocycles. The normalized spacial score (nSPS) is 29.5. The fourth-order valence-electron chi connectivity index (χ4n) is 3.80. The summed E-state index contributed by atoms with van der Waals surface area (Å²) in [6, 6.07) is -0.395. The number of amides is 1. The number of carbonyl (C=O) groups is 1. The Labute approximate surface area is 127 Å². The molecular formula is C16H30N2O3. The molecule has 0 aromatic rings. The highest BCUT2D eigenvalue weighted by Crippen LogP contribution is 2.50. The Kier molecular flexibility index (Phi) is 5.28. The van der Waals surface area contributed by atoms with Crippen LogP contribution in [0.4, 0.5) is 0 Å². The lowest BCUT2D eigenvalue weighted by Crippen LogP contribution is -2.63. The number of carbonyl (C=O) groups excluding carboxylic acids is 1. The molecule has 0 aromatic heterocycles. The minimum absolute atomic E-state index is 0.0559. The molecular weight excluding hydrogens is 268 g/mol. The molecule has 1 saturated heterocycles. The van der Waals surface area contributed by atoms with Crippen LogP contribution in [0.1, 0.15) is 46.5 Å². The lowest BCUT2D eigenvalue weighted by atomic mass is 9.58. The summed E-state index contributed by atoms with van der Waals surface area (Å²) >= 11 is 0. The fraction of sp³-hybridized carbons (Fsp3) is 0.938. The van der Waals surface area contributed by atoms with Gasteiger partial charge in [0.2, 0.25) is 5.91 Å². The Hall–Kier alpha value is -0.650. The number of aliphatic hydroxyl groups excluding tert-OH is 1. The van der Waals surface area contributed by atoms with Gasteiger partial charge in [0.05, 0.1) is 18.2 Å². The molecule has 21 heavy (non-hydrogen) atoms. The number of hydrogen-bond donors (Lipinski definition) is 2. The van der Waals surface area contributed by atoms with E-state index in [2.05, 4.69) is 13.8 Å². The molecule has 1 heterocycles. The van der Waals surface area contributed by atoms with Crippen LogP contribution < -0.4 is 5.73 Å². The molecule has 0 aromatic carbocycles. The van der Waals surface area contributed by atoms with Crippen molar-refractivity contribution in [1.29, 1.82) is 0 Å². The molecule has 5 heteroatoms. The number of hydrogen-bond acceptors (Lipinski definition) is 4. The van der Waals surface area contributed by atoms with Crippen molar-refractivity contribution in [2.24, 2.45) is 17.1 Å². The second kappa shape index (κ2) is 6.63. The maximum Gasteiger partial charge on any atom is 0.239 e. The zero-order valence-corrected chi connectivity index (χ0v) is 13.5. The number of nitrogens with zero attached hydrogens (tertiary/aromatic N) is 1. The van der Waals surface area contributed by atoms with Gasteiger partial charge in [0.15, 0.2) is 0 Å². The van der Waals surface area contributed by atoms with Crippen LogP contribution in [-0.4, -0.2) is 53.9 Å². The summed E-state index contributed by atoms with van der Waals surface area (Å²) in [5.41, 5.74) is 5.87. The quantitative estimate of drug-likeness (QED) is 0.798. The van der Waals surface area contributed by atoms with E-state index < -0.39 is 6.04 Å². The number of rotatable bonds is 5. The van der Waals surface area contributed by atoms with Crippen LogP contribution in [0.2, 0.25) is 0 Å². The minimum Gasteiger partial charge on any atom is -0.392 e. The van der Waals surface area contributed by atoms with Gasteiger partial charge in [0.1, 0.15) is 0 Å². The molecule has 2 rings (SSSR count). The first kappa shape index (κ1) is 16.7. The van der Waals surface area contributed by atoms with Crippen LogP contribution in [0.5, 0.6) is 0 Å². The maximum atomic E-state index is 12.3.